The van der Waals surface area contributed by atoms with E-state index in [0.29, 0.717) is 27.5 Å². The average Bonchev–Trinajstić information content (AvgIpc) is 3.07. The summed E-state index contributed by atoms with van der Waals surface area (Å²) < 4.78 is 0.698. The minimum Gasteiger partial charge on any atom is -0.326 e. The Balaban J connectivity index is 1.90. The van der Waals surface area contributed by atoms with E-state index in [1.165, 1.54) is 30.6 Å². The van der Waals surface area contributed by atoms with E-state index >= 15 is 0 Å². The molecule has 0 aliphatic heterocycles. The molecular weight excluding hydrogens is 402 g/mol. The number of H-pyrrole nitrogens is 1. The second-order valence-corrected chi connectivity index (χ2v) is 8.41. The number of nitrogens with one attached hydrogen (secondary N) is 2. The molecule has 25 heavy (non-hydrogen) atoms. The second-order valence-electron chi connectivity index (χ2n) is 6.66. The number of aromatic amines is 1. The maximum atomic E-state index is 13.0. The maximum absolute atomic E-state index is 13.0. The number of anilines is 1. The zero-order valence-electron chi connectivity index (χ0n) is 14.2. The predicted octanol–water partition coefficient (Wildman–Crippen LogP) is 4.60. The van der Waals surface area contributed by atoms with Gasteiger partial charge in [-0.15, -0.1) is 11.3 Å². The van der Waals surface area contributed by atoms with Crippen molar-refractivity contribution in [3.8, 4) is 0 Å². The number of pyridine rings is 1. The molecule has 0 radical (unpaired) electrons. The van der Waals surface area contributed by atoms with Gasteiger partial charge in [-0.2, -0.15) is 0 Å². The van der Waals surface area contributed by atoms with Crippen molar-refractivity contribution in [2.45, 2.75) is 51.4 Å². The van der Waals surface area contributed by atoms with Crippen LogP contribution in [0.15, 0.2) is 26.9 Å². The number of thiazole rings is 1. The quantitative estimate of drug-likeness (QED) is 0.737. The van der Waals surface area contributed by atoms with E-state index in [2.05, 4.69) is 31.2 Å². The number of rotatable bonds is 5. The average molecular weight is 424 g/mol. The van der Waals surface area contributed by atoms with Gasteiger partial charge in [0.15, 0.2) is 5.13 Å². The Labute approximate surface area is 159 Å². The number of hydrogen-bond acceptors (Lipinski definition) is 4. The summed E-state index contributed by atoms with van der Waals surface area (Å²) in [6.45, 7) is 1.84. The lowest BCUT2D eigenvalue weighted by Crippen LogP contribution is -2.29. The minimum absolute atomic E-state index is 0.157. The van der Waals surface area contributed by atoms with Crippen LogP contribution < -0.4 is 10.9 Å². The highest BCUT2D eigenvalue weighted by molar-refractivity contribution is 9.10. The molecule has 1 atom stereocenters. The highest BCUT2D eigenvalue weighted by Gasteiger charge is 2.30. The second kappa shape index (κ2) is 8.27. The third kappa shape index (κ3) is 4.58. The molecule has 2 N–H and O–H groups in total. The molecular formula is C18H22BrN3O2S. The topological polar surface area (TPSA) is 74.8 Å². The van der Waals surface area contributed by atoms with Crippen molar-refractivity contribution in [1.29, 1.82) is 0 Å². The summed E-state index contributed by atoms with van der Waals surface area (Å²) in [7, 11) is 0. The number of amides is 1. The molecule has 2 heterocycles. The first-order valence-corrected chi connectivity index (χ1v) is 10.3. The van der Waals surface area contributed by atoms with E-state index in [1.807, 2.05) is 18.4 Å². The van der Waals surface area contributed by atoms with E-state index in [4.69, 9.17) is 0 Å². The first-order chi connectivity index (χ1) is 12.0. The van der Waals surface area contributed by atoms with Crippen LogP contribution in [0.4, 0.5) is 5.13 Å². The Morgan fingerprint density at radius 3 is 2.84 bits per heavy atom. The molecule has 0 unspecified atom stereocenters. The molecule has 0 saturated heterocycles. The monoisotopic (exact) mass is 423 g/mol. The lowest BCUT2D eigenvalue weighted by molar-refractivity contribution is -0.118. The maximum Gasteiger partial charge on any atom is 0.253 e. The Bertz CT molecular complexity index is 782. The summed E-state index contributed by atoms with van der Waals surface area (Å²) in [5, 5.41) is 5.26. The van der Waals surface area contributed by atoms with Gasteiger partial charge in [-0.1, -0.05) is 48.0 Å². The van der Waals surface area contributed by atoms with Gasteiger partial charge in [-0.05, 0) is 25.3 Å². The summed E-state index contributed by atoms with van der Waals surface area (Å²) in [6, 6.07) is 1.86. The van der Waals surface area contributed by atoms with Crippen molar-refractivity contribution in [2.24, 2.45) is 5.92 Å². The normalized spacial score (nSPS) is 16.6. The van der Waals surface area contributed by atoms with Crippen LogP contribution in [0, 0.1) is 12.8 Å². The largest absolute Gasteiger partial charge is 0.326 e. The summed E-state index contributed by atoms with van der Waals surface area (Å²) in [5.74, 6) is -0.158. The van der Waals surface area contributed by atoms with Crippen molar-refractivity contribution in [3.05, 3.63) is 43.7 Å². The molecule has 2 aromatic rings. The molecule has 7 heteroatoms. The summed E-state index contributed by atoms with van der Waals surface area (Å²) in [5.41, 5.74) is 1.10. The van der Waals surface area contributed by atoms with Gasteiger partial charge in [-0.3, -0.25) is 9.59 Å². The van der Waals surface area contributed by atoms with Crippen molar-refractivity contribution in [1.82, 2.24) is 9.97 Å². The fourth-order valence-corrected chi connectivity index (χ4v) is 4.90. The molecule has 2 aromatic heterocycles. The molecule has 5 nitrogen and oxygen atoms in total. The minimum atomic E-state index is -0.481. The molecule has 1 aliphatic rings. The molecule has 0 spiro atoms. The molecule has 1 amide bonds. The van der Waals surface area contributed by atoms with Gasteiger partial charge in [0.05, 0.1) is 5.92 Å². The van der Waals surface area contributed by atoms with Crippen LogP contribution in [-0.2, 0) is 4.79 Å². The van der Waals surface area contributed by atoms with Crippen LogP contribution in [0.1, 0.15) is 55.7 Å². The smallest absolute Gasteiger partial charge is 0.253 e. The lowest BCUT2D eigenvalue weighted by atomic mass is 9.80. The zero-order chi connectivity index (χ0) is 17.8. The Kier molecular flexibility index (Phi) is 6.06. The van der Waals surface area contributed by atoms with Crippen LogP contribution in [0.2, 0.25) is 0 Å². The Morgan fingerprint density at radius 1 is 1.44 bits per heavy atom. The molecule has 3 rings (SSSR count). The third-order valence-corrected chi connectivity index (χ3v) is 6.12. The summed E-state index contributed by atoms with van der Waals surface area (Å²) >= 11 is 4.88. The fourth-order valence-electron chi connectivity index (χ4n) is 3.57. The highest BCUT2D eigenvalue weighted by Crippen LogP contribution is 2.35. The van der Waals surface area contributed by atoms with Crippen molar-refractivity contribution >= 4 is 38.3 Å². The Morgan fingerprint density at radius 2 is 2.20 bits per heavy atom. The summed E-state index contributed by atoms with van der Waals surface area (Å²) in [6.07, 6.45) is 8.28. The molecule has 1 fully saturated rings. The van der Waals surface area contributed by atoms with Crippen molar-refractivity contribution < 1.29 is 4.79 Å². The molecule has 134 valence electrons. The predicted molar refractivity (Wildman–Crippen MR) is 104 cm³/mol. The van der Waals surface area contributed by atoms with Crippen LogP contribution >= 0.6 is 27.3 Å². The van der Waals surface area contributed by atoms with Gasteiger partial charge in [0.1, 0.15) is 0 Å². The first-order valence-electron chi connectivity index (χ1n) is 8.64. The van der Waals surface area contributed by atoms with E-state index < -0.39 is 5.92 Å². The zero-order valence-corrected chi connectivity index (χ0v) is 16.6. The number of carbonyl (C=O) groups excluding carboxylic acids is 1. The van der Waals surface area contributed by atoms with Gasteiger partial charge in [0.25, 0.3) is 5.56 Å². The number of aromatic nitrogens is 2. The first kappa shape index (κ1) is 18.3. The van der Waals surface area contributed by atoms with Crippen LogP contribution in [0.3, 0.4) is 0 Å². The van der Waals surface area contributed by atoms with Gasteiger partial charge < -0.3 is 10.3 Å². The highest BCUT2D eigenvalue weighted by atomic mass is 79.9. The molecule has 0 aromatic carbocycles. The fraction of sp³-hybridized carbons (Fsp3) is 0.500. The lowest BCUT2D eigenvalue weighted by Gasteiger charge is -2.26. The number of halogens is 1. The number of nitrogens with zero attached hydrogens (tertiary/aromatic N) is 1. The molecule has 1 aliphatic carbocycles. The van der Waals surface area contributed by atoms with Gasteiger partial charge in [0, 0.05) is 27.3 Å². The van der Waals surface area contributed by atoms with Gasteiger partial charge in [-0.25, -0.2) is 4.98 Å². The molecule has 1 saturated carbocycles. The number of carbonyl (C=O) groups is 1. The molecule has 0 bridgehead atoms. The SMILES string of the molecule is Cc1cc(Br)c([C@H](CC2CCCCC2)C(=O)Nc2nccs2)c(=O)[nH]1. The van der Waals surface area contributed by atoms with Crippen molar-refractivity contribution in [2.75, 3.05) is 5.32 Å². The number of hydrogen-bond donors (Lipinski definition) is 2. The van der Waals surface area contributed by atoms with E-state index in [1.54, 1.807) is 6.20 Å². The Hall–Kier alpha value is -1.47. The van der Waals surface area contributed by atoms with Gasteiger partial charge >= 0.3 is 0 Å². The summed E-state index contributed by atoms with van der Waals surface area (Å²) in [4.78, 5) is 32.5. The van der Waals surface area contributed by atoms with E-state index in [9.17, 15) is 9.59 Å². The van der Waals surface area contributed by atoms with Crippen LogP contribution in [-0.4, -0.2) is 15.9 Å². The third-order valence-electron chi connectivity index (χ3n) is 4.78. The van der Waals surface area contributed by atoms with Crippen LogP contribution in [0.5, 0.6) is 0 Å². The van der Waals surface area contributed by atoms with Gasteiger partial charge in [0.2, 0.25) is 5.91 Å². The van der Waals surface area contributed by atoms with E-state index in [0.717, 1.165) is 18.5 Å². The van der Waals surface area contributed by atoms with Crippen LogP contribution in [0.25, 0.3) is 0 Å². The van der Waals surface area contributed by atoms with Crippen molar-refractivity contribution in [3.63, 3.8) is 0 Å². The van der Waals surface area contributed by atoms with E-state index in [-0.39, 0.29) is 11.5 Å². The number of aryl methyl sites for hydroxylation is 1. The standard InChI is InChI=1S/C18H22BrN3O2S/c1-11-9-14(19)15(17(24)21-11)13(10-12-5-3-2-4-6-12)16(23)22-18-20-7-8-25-18/h7-9,12-13H,2-6,10H2,1H3,(H,21,24)(H,20,22,23)/t13-/m0/s1.